The molecule has 0 unspecified atom stereocenters. The van der Waals surface area contributed by atoms with E-state index in [0.29, 0.717) is 0 Å². The smallest absolute Gasteiger partial charge is 0.0681 e. The van der Waals surface area contributed by atoms with Gasteiger partial charge in [-0.05, 0) is 33.4 Å². The Kier molecular flexibility index (Phi) is 2.85. The molecule has 3 nitrogen and oxygen atoms in total. The normalized spacial score (nSPS) is 21.1. The lowest BCUT2D eigenvalue weighted by Gasteiger charge is -2.33. The number of aromatic nitrogens is 2. The minimum Gasteiger partial charge on any atom is -0.296 e. The number of hydrogen-bond donors (Lipinski definition) is 0. The highest BCUT2D eigenvalue weighted by atomic mass is 15.3. The van der Waals surface area contributed by atoms with Crippen molar-refractivity contribution < 1.29 is 0 Å². The lowest BCUT2D eigenvalue weighted by Crippen LogP contribution is -2.38. The topological polar surface area (TPSA) is 21.1 Å². The Labute approximate surface area is 105 Å². The van der Waals surface area contributed by atoms with Gasteiger partial charge >= 0.3 is 0 Å². The average Bonchev–Trinajstić information content (AvgIpc) is 2.57. The molecule has 0 atom stereocenters. The second kappa shape index (κ2) is 3.84. The van der Waals surface area contributed by atoms with E-state index in [1.54, 1.807) is 0 Å². The Balaban J connectivity index is 2.50. The van der Waals surface area contributed by atoms with Gasteiger partial charge in [0.15, 0.2) is 0 Å². The molecule has 0 spiro atoms. The predicted octanol–water partition coefficient (Wildman–Crippen LogP) is 2.75. The zero-order valence-electron chi connectivity index (χ0n) is 12.0. The van der Waals surface area contributed by atoms with Gasteiger partial charge in [-0.1, -0.05) is 20.8 Å². The van der Waals surface area contributed by atoms with Crippen molar-refractivity contribution in [1.82, 2.24) is 14.7 Å². The Bertz CT molecular complexity index is 410. The molecule has 1 aromatic heterocycles. The molecule has 0 fully saturated rings. The highest BCUT2D eigenvalue weighted by Gasteiger charge is 2.33. The van der Waals surface area contributed by atoms with Gasteiger partial charge in [-0.25, -0.2) is 0 Å². The summed E-state index contributed by atoms with van der Waals surface area (Å²) in [4.78, 5) is 2.43. The fourth-order valence-electron chi connectivity index (χ4n) is 2.38. The molecule has 0 amide bonds. The van der Waals surface area contributed by atoms with E-state index in [1.807, 2.05) is 0 Å². The van der Waals surface area contributed by atoms with E-state index in [0.717, 1.165) is 13.1 Å². The van der Waals surface area contributed by atoms with Crippen molar-refractivity contribution in [2.24, 2.45) is 0 Å². The van der Waals surface area contributed by atoms with Crippen molar-refractivity contribution in [3.05, 3.63) is 17.5 Å². The molecule has 2 heterocycles. The second-order valence-corrected chi connectivity index (χ2v) is 6.72. The highest BCUT2D eigenvalue weighted by molar-refractivity contribution is 5.23. The zero-order valence-corrected chi connectivity index (χ0v) is 12.0. The molecule has 0 saturated heterocycles. The van der Waals surface area contributed by atoms with Crippen molar-refractivity contribution >= 4 is 0 Å². The molecule has 96 valence electrons. The van der Waals surface area contributed by atoms with Gasteiger partial charge in [0.1, 0.15) is 0 Å². The summed E-state index contributed by atoms with van der Waals surface area (Å²) in [5.74, 6) is 0. The maximum atomic E-state index is 4.80. The monoisotopic (exact) mass is 235 g/mol. The zero-order chi connectivity index (χ0) is 12.8. The van der Waals surface area contributed by atoms with Crippen LogP contribution in [-0.4, -0.2) is 28.3 Å². The second-order valence-electron chi connectivity index (χ2n) is 6.72. The Hall–Kier alpha value is -0.830. The highest BCUT2D eigenvalue weighted by Crippen LogP contribution is 2.32. The molecule has 0 saturated carbocycles. The van der Waals surface area contributed by atoms with Crippen LogP contribution >= 0.6 is 0 Å². The molecule has 0 bridgehead atoms. The van der Waals surface area contributed by atoms with Gasteiger partial charge in [0, 0.05) is 18.5 Å². The number of fused-ring (bicyclic) bond motifs is 1. The summed E-state index contributed by atoms with van der Waals surface area (Å²) < 4.78 is 2.21. The van der Waals surface area contributed by atoms with Crippen molar-refractivity contribution in [1.29, 1.82) is 0 Å². The average molecular weight is 235 g/mol. The third kappa shape index (κ3) is 2.13. The molecule has 0 N–H and O–H groups in total. The van der Waals surface area contributed by atoms with Crippen LogP contribution < -0.4 is 0 Å². The van der Waals surface area contributed by atoms with Crippen molar-refractivity contribution in [3.8, 4) is 0 Å². The fraction of sp³-hybridized carbons (Fsp3) is 0.786. The Morgan fingerprint density at radius 3 is 2.47 bits per heavy atom. The first-order chi connectivity index (χ1) is 7.73. The van der Waals surface area contributed by atoms with E-state index in [1.165, 1.54) is 17.8 Å². The lowest BCUT2D eigenvalue weighted by atomic mass is 9.90. The molecule has 0 aromatic carbocycles. The summed E-state index contributed by atoms with van der Waals surface area (Å²) in [5, 5.41) is 4.80. The minimum atomic E-state index is 0.0764. The quantitative estimate of drug-likeness (QED) is 0.689. The van der Waals surface area contributed by atoms with Crippen molar-refractivity contribution in [2.45, 2.75) is 58.5 Å². The molecular weight excluding hydrogens is 210 g/mol. The number of rotatable bonds is 0. The Morgan fingerprint density at radius 1 is 1.24 bits per heavy atom. The van der Waals surface area contributed by atoms with Crippen LogP contribution in [0.2, 0.25) is 0 Å². The SMILES string of the molecule is CN1CCCn2nc(C(C)(C)C)cc2C1(C)C. The summed E-state index contributed by atoms with van der Waals surface area (Å²) in [5.41, 5.74) is 2.76. The molecule has 1 aliphatic heterocycles. The van der Waals surface area contributed by atoms with Gasteiger partial charge in [0.2, 0.25) is 0 Å². The maximum absolute atomic E-state index is 4.80. The summed E-state index contributed by atoms with van der Waals surface area (Å²) in [6.45, 7) is 13.4. The van der Waals surface area contributed by atoms with Gasteiger partial charge in [0.25, 0.3) is 0 Å². The van der Waals surface area contributed by atoms with E-state index in [4.69, 9.17) is 5.10 Å². The fourth-order valence-corrected chi connectivity index (χ4v) is 2.38. The van der Waals surface area contributed by atoms with Gasteiger partial charge in [-0.15, -0.1) is 0 Å². The standard InChI is InChI=1S/C14H25N3/c1-13(2,3)11-10-12-14(4,5)16(6)8-7-9-17(12)15-11/h10H,7-9H2,1-6H3. The molecule has 0 aliphatic carbocycles. The molecule has 1 aromatic rings. The van der Waals surface area contributed by atoms with Crippen LogP contribution in [0.25, 0.3) is 0 Å². The number of aryl methyl sites for hydroxylation is 1. The lowest BCUT2D eigenvalue weighted by molar-refractivity contribution is 0.159. The molecule has 0 radical (unpaired) electrons. The van der Waals surface area contributed by atoms with Crippen LogP contribution in [0.1, 0.15) is 52.4 Å². The Morgan fingerprint density at radius 2 is 1.88 bits per heavy atom. The van der Waals surface area contributed by atoms with Crippen LogP contribution in [0.5, 0.6) is 0 Å². The van der Waals surface area contributed by atoms with Gasteiger partial charge in [-0.2, -0.15) is 5.10 Å². The first-order valence-electron chi connectivity index (χ1n) is 6.53. The van der Waals surface area contributed by atoms with Gasteiger partial charge in [0.05, 0.1) is 16.9 Å². The third-order valence-corrected chi connectivity index (χ3v) is 3.99. The van der Waals surface area contributed by atoms with Gasteiger partial charge < -0.3 is 0 Å². The summed E-state index contributed by atoms with van der Waals surface area (Å²) in [7, 11) is 2.21. The van der Waals surface area contributed by atoms with Crippen molar-refractivity contribution in [2.75, 3.05) is 13.6 Å². The molecule has 1 aliphatic rings. The van der Waals surface area contributed by atoms with E-state index in [9.17, 15) is 0 Å². The third-order valence-electron chi connectivity index (χ3n) is 3.99. The predicted molar refractivity (Wildman–Crippen MR) is 71.2 cm³/mol. The maximum Gasteiger partial charge on any atom is 0.0681 e. The minimum absolute atomic E-state index is 0.0764. The summed E-state index contributed by atoms with van der Waals surface area (Å²) in [6.07, 6.45) is 1.18. The summed E-state index contributed by atoms with van der Waals surface area (Å²) >= 11 is 0. The molecule has 2 rings (SSSR count). The van der Waals surface area contributed by atoms with E-state index < -0.39 is 0 Å². The van der Waals surface area contributed by atoms with E-state index >= 15 is 0 Å². The van der Waals surface area contributed by atoms with Crippen LogP contribution in [0.3, 0.4) is 0 Å². The number of nitrogens with zero attached hydrogens (tertiary/aromatic N) is 3. The van der Waals surface area contributed by atoms with Crippen LogP contribution in [-0.2, 0) is 17.5 Å². The molecule has 17 heavy (non-hydrogen) atoms. The molecule has 3 heteroatoms. The van der Waals surface area contributed by atoms with Gasteiger partial charge in [-0.3, -0.25) is 9.58 Å². The summed E-state index contributed by atoms with van der Waals surface area (Å²) in [6, 6.07) is 2.29. The van der Waals surface area contributed by atoms with E-state index in [-0.39, 0.29) is 11.0 Å². The van der Waals surface area contributed by atoms with Crippen LogP contribution in [0.15, 0.2) is 6.07 Å². The van der Waals surface area contributed by atoms with Crippen molar-refractivity contribution in [3.63, 3.8) is 0 Å². The van der Waals surface area contributed by atoms with Crippen LogP contribution in [0.4, 0.5) is 0 Å². The number of hydrogen-bond acceptors (Lipinski definition) is 2. The first kappa shape index (κ1) is 12.6. The first-order valence-corrected chi connectivity index (χ1v) is 6.53. The van der Waals surface area contributed by atoms with E-state index in [2.05, 4.69) is 57.3 Å². The van der Waals surface area contributed by atoms with Crippen LogP contribution in [0, 0.1) is 0 Å². The molecular formula is C14H25N3. The largest absolute Gasteiger partial charge is 0.296 e.